The lowest BCUT2D eigenvalue weighted by Gasteiger charge is -2.71. The average Bonchev–Trinajstić information content (AvgIpc) is 3.26. The van der Waals surface area contributed by atoms with Crippen molar-refractivity contribution in [2.75, 3.05) is 20.3 Å². The normalized spacial score (nSPS) is 53.8. The Labute approximate surface area is 393 Å². The zero-order chi connectivity index (χ0) is 49.1. The minimum absolute atomic E-state index is 0.0315. The minimum Gasteiger partial charge on any atom is -0.432 e. The van der Waals surface area contributed by atoms with Gasteiger partial charge < -0.3 is 84.2 Å². The number of esters is 1. The number of hydrogen-bond donors (Lipinski definition) is 10. The summed E-state index contributed by atoms with van der Waals surface area (Å²) in [6, 6.07) is 0. The molecule has 7 fully saturated rings. The highest BCUT2D eigenvalue weighted by Crippen LogP contribution is 2.76. The third-order valence-electron chi connectivity index (χ3n) is 19.4. The molecule has 0 aromatic rings. The van der Waals surface area contributed by atoms with Gasteiger partial charge in [-0.05, 0) is 110 Å². The number of allylic oxidation sites excluding steroid dienone is 2. The highest BCUT2D eigenvalue weighted by Gasteiger charge is 2.71. The molecule has 3 heterocycles. The number of methoxy groups -OCH3 is 1. The molecule has 4 saturated carbocycles. The van der Waals surface area contributed by atoms with E-state index in [0.29, 0.717) is 32.1 Å². The molecule has 0 spiro atoms. The first-order valence-corrected chi connectivity index (χ1v) is 24.6. The van der Waals surface area contributed by atoms with E-state index >= 15 is 0 Å². The van der Waals surface area contributed by atoms with Crippen LogP contribution in [-0.4, -0.2) is 182 Å². The van der Waals surface area contributed by atoms with Gasteiger partial charge in [0.1, 0.15) is 67.1 Å². The predicted molar refractivity (Wildman–Crippen MR) is 235 cm³/mol. The molecule has 0 aromatic carbocycles. The Morgan fingerprint density at radius 1 is 0.687 bits per heavy atom. The smallest absolute Gasteiger partial charge is 0.315 e. The summed E-state index contributed by atoms with van der Waals surface area (Å²) in [6.07, 6.45) is -15.4. The van der Waals surface area contributed by atoms with E-state index < -0.39 is 133 Å². The first-order chi connectivity index (χ1) is 31.2. The van der Waals surface area contributed by atoms with Crippen molar-refractivity contribution in [1.29, 1.82) is 0 Å². The summed E-state index contributed by atoms with van der Waals surface area (Å²) in [7, 11) is 1.43. The lowest BCUT2D eigenvalue weighted by atomic mass is 9.33. The van der Waals surface area contributed by atoms with Crippen molar-refractivity contribution in [3.63, 3.8) is 0 Å². The van der Waals surface area contributed by atoms with Crippen molar-refractivity contribution in [3.05, 3.63) is 11.6 Å². The number of fused-ring (bicyclic) bond motifs is 7. The molecule has 0 aromatic heterocycles. The molecule has 0 radical (unpaired) electrons. The van der Waals surface area contributed by atoms with Gasteiger partial charge in [-0.2, -0.15) is 0 Å². The van der Waals surface area contributed by atoms with Gasteiger partial charge in [0.15, 0.2) is 12.6 Å². The molecule has 67 heavy (non-hydrogen) atoms. The van der Waals surface area contributed by atoms with Crippen LogP contribution >= 0.6 is 0 Å². The van der Waals surface area contributed by atoms with E-state index in [1.165, 1.54) is 19.6 Å². The van der Waals surface area contributed by atoms with E-state index in [1.807, 2.05) is 0 Å². The van der Waals surface area contributed by atoms with Crippen LogP contribution in [0.2, 0.25) is 0 Å². The lowest BCUT2D eigenvalue weighted by Crippen LogP contribution is -2.69. The van der Waals surface area contributed by atoms with E-state index in [1.54, 1.807) is 0 Å². The topological polar surface area (TPSA) is 284 Å². The van der Waals surface area contributed by atoms with Crippen LogP contribution in [0.1, 0.15) is 113 Å². The number of hydrogen-bond acceptors (Lipinski definition) is 18. The monoisotopic (exact) mass is 957 g/mol. The van der Waals surface area contributed by atoms with Crippen LogP contribution in [0.25, 0.3) is 0 Å². The fourth-order valence-corrected chi connectivity index (χ4v) is 15.3. The summed E-state index contributed by atoms with van der Waals surface area (Å²) in [4.78, 5) is 14.7. The summed E-state index contributed by atoms with van der Waals surface area (Å²) in [6.45, 7) is 16.4. The maximum Gasteiger partial charge on any atom is 0.315 e. The Bertz CT molecular complexity index is 1830. The van der Waals surface area contributed by atoms with Gasteiger partial charge in [-0.25, -0.2) is 0 Å². The Morgan fingerprint density at radius 3 is 1.99 bits per heavy atom. The first kappa shape index (κ1) is 51.9. The highest BCUT2D eigenvalue weighted by atomic mass is 16.8. The van der Waals surface area contributed by atoms with Gasteiger partial charge in [0.25, 0.3) is 0 Å². The Hall–Kier alpha value is -1.43. The average molecular weight is 957 g/mol. The lowest BCUT2D eigenvalue weighted by molar-refractivity contribution is -0.381. The first-order valence-electron chi connectivity index (χ1n) is 24.6. The van der Waals surface area contributed by atoms with Crippen LogP contribution in [0, 0.1) is 50.2 Å². The van der Waals surface area contributed by atoms with Gasteiger partial charge in [0.05, 0.1) is 36.9 Å². The molecule has 8 aliphatic rings. The van der Waals surface area contributed by atoms with Crippen LogP contribution in [-0.2, 0) is 38.0 Å². The zero-order valence-corrected chi connectivity index (χ0v) is 40.6. The highest BCUT2D eigenvalue weighted by molar-refractivity contribution is 5.79. The van der Waals surface area contributed by atoms with Crippen LogP contribution in [0.3, 0.4) is 0 Å². The van der Waals surface area contributed by atoms with Crippen LogP contribution in [0.5, 0.6) is 0 Å². The van der Waals surface area contributed by atoms with Crippen molar-refractivity contribution in [2.45, 2.75) is 218 Å². The van der Waals surface area contributed by atoms with Gasteiger partial charge in [-0.15, -0.1) is 0 Å². The standard InChI is InChI=1S/C49H80O18/c1-22-30(52)33(55)36(58)40(62-22)65-38-35(57)32(54)27(21-61-9)64-42(38)66-39-25(51)19-46(6)28(45(39,4)5)12-13-48(8)29(46)11-10-23-24-18-44(2,3)14-16-49(24,17-15-47(23,48)7)43(60)67-41-37(59)34(56)31(53)26(20-50)63-41/h10,22,24-42,50-59H,11-21H2,1-9H3/t22-,24-,25-,26+,27+,28-,29+,30-,31+,32+,33+,34-,35-,36+,37+,38+,39-,40-,41-,42-,46-,47+,48+,49-/m0/s1. The second kappa shape index (κ2) is 18.3. The molecular weight excluding hydrogens is 877 g/mol. The van der Waals surface area contributed by atoms with Crippen LogP contribution < -0.4 is 0 Å². The number of carbonyl (C=O) groups is 1. The third-order valence-corrected chi connectivity index (χ3v) is 19.4. The maximum atomic E-state index is 14.7. The summed E-state index contributed by atoms with van der Waals surface area (Å²) in [5.41, 5.74) is -1.44. The van der Waals surface area contributed by atoms with Gasteiger partial charge in [-0.3, -0.25) is 4.79 Å². The van der Waals surface area contributed by atoms with Crippen molar-refractivity contribution in [2.24, 2.45) is 50.2 Å². The number of ether oxygens (including phenoxy) is 7. The molecule has 3 saturated heterocycles. The predicted octanol–water partition coefficient (Wildman–Crippen LogP) is 0.793. The Morgan fingerprint density at radius 2 is 1.31 bits per heavy atom. The molecule has 0 bridgehead atoms. The van der Waals surface area contributed by atoms with E-state index in [0.717, 1.165) is 25.7 Å². The molecule has 0 amide bonds. The quantitative estimate of drug-likeness (QED) is 0.0869. The van der Waals surface area contributed by atoms with Crippen LogP contribution in [0.4, 0.5) is 0 Å². The minimum atomic E-state index is -1.70. The molecule has 0 unspecified atom stereocenters. The number of aliphatic hydroxyl groups excluding tert-OH is 10. The Kier molecular flexibility index (Phi) is 14.1. The van der Waals surface area contributed by atoms with E-state index in [4.69, 9.17) is 33.2 Å². The molecule has 8 rings (SSSR count). The molecule has 18 heteroatoms. The van der Waals surface area contributed by atoms with E-state index in [9.17, 15) is 55.9 Å². The largest absolute Gasteiger partial charge is 0.432 e. The second-order valence-corrected chi connectivity index (χ2v) is 23.9. The van der Waals surface area contributed by atoms with Gasteiger partial charge >= 0.3 is 5.97 Å². The molecule has 10 N–H and O–H groups in total. The Balaban J connectivity index is 1.06. The summed E-state index contributed by atoms with van der Waals surface area (Å²) in [5, 5.41) is 108. The molecule has 384 valence electrons. The van der Waals surface area contributed by atoms with Crippen molar-refractivity contribution in [1.82, 2.24) is 0 Å². The van der Waals surface area contributed by atoms with Crippen molar-refractivity contribution < 1.29 is 89.0 Å². The third kappa shape index (κ3) is 8.20. The summed E-state index contributed by atoms with van der Waals surface area (Å²) < 4.78 is 41.8. The van der Waals surface area contributed by atoms with E-state index in [2.05, 4.69) is 54.5 Å². The fourth-order valence-electron chi connectivity index (χ4n) is 15.3. The zero-order valence-electron chi connectivity index (χ0n) is 40.6. The number of carbonyl (C=O) groups excluding carboxylic acids is 1. The second-order valence-electron chi connectivity index (χ2n) is 23.9. The van der Waals surface area contributed by atoms with Crippen LogP contribution in [0.15, 0.2) is 11.6 Å². The van der Waals surface area contributed by atoms with Gasteiger partial charge in [0, 0.05) is 7.11 Å². The summed E-state index contributed by atoms with van der Waals surface area (Å²) in [5.74, 6) is -0.541. The number of aliphatic hydroxyl groups is 10. The van der Waals surface area contributed by atoms with Gasteiger partial charge in [0.2, 0.25) is 6.29 Å². The van der Waals surface area contributed by atoms with Crippen molar-refractivity contribution >= 4 is 5.97 Å². The summed E-state index contributed by atoms with van der Waals surface area (Å²) >= 11 is 0. The number of rotatable bonds is 9. The SMILES string of the molecule is COC[C@H]1O[C@@H](O[C@H]2[C@@H](O)C[C@]3(C)[C@H]4CC=C5[C@@H]6CC(C)(C)CC[C@]6(C(=O)O[C@@H]6O[C@H](CO)[C@@H](O)[C@H](O)[C@H]6O)CC[C@@]5(C)[C@]4(C)CC[C@H]3C2(C)C)[C@H](O[C@@H]2O[C@@H](C)[C@H](O)[C@@H](O)[C@H]2O)[C@@H](O)[C@@H]1O. The van der Waals surface area contributed by atoms with Crippen molar-refractivity contribution in [3.8, 4) is 0 Å². The van der Waals surface area contributed by atoms with Gasteiger partial charge in [-0.1, -0.05) is 60.1 Å². The molecule has 3 aliphatic heterocycles. The maximum absolute atomic E-state index is 14.7. The molecule has 24 atom stereocenters. The van der Waals surface area contributed by atoms with E-state index in [-0.39, 0.29) is 40.6 Å². The fraction of sp³-hybridized carbons (Fsp3) is 0.939. The molecule has 5 aliphatic carbocycles. The molecular formula is C49H80O18. The molecule has 18 nitrogen and oxygen atoms in total.